The van der Waals surface area contributed by atoms with Crippen molar-refractivity contribution in [2.75, 3.05) is 13.2 Å². The van der Waals surface area contributed by atoms with Crippen molar-refractivity contribution in [3.8, 4) is 11.5 Å². The van der Waals surface area contributed by atoms with E-state index in [2.05, 4.69) is 4.99 Å². The van der Waals surface area contributed by atoms with Gasteiger partial charge in [0, 0.05) is 6.54 Å². The van der Waals surface area contributed by atoms with Gasteiger partial charge in [-0.3, -0.25) is 9.69 Å². The highest BCUT2D eigenvalue weighted by Gasteiger charge is 2.32. The maximum atomic E-state index is 13.5. The Morgan fingerprint density at radius 3 is 2.50 bits per heavy atom. The van der Waals surface area contributed by atoms with E-state index in [0.29, 0.717) is 56.6 Å². The van der Waals surface area contributed by atoms with Gasteiger partial charge in [0.15, 0.2) is 16.7 Å². The number of benzene rings is 3. The largest absolute Gasteiger partial charge is 0.490 e. The zero-order valence-electron chi connectivity index (χ0n) is 19.6. The molecule has 1 fully saturated rings. The molecule has 1 aliphatic heterocycles. The van der Waals surface area contributed by atoms with E-state index in [4.69, 9.17) is 21.1 Å². The molecule has 0 bridgehead atoms. The Kier molecular flexibility index (Phi) is 8.28. The van der Waals surface area contributed by atoms with Crippen LogP contribution in [0.5, 0.6) is 11.5 Å². The minimum atomic E-state index is -0.354. The summed E-state index contributed by atoms with van der Waals surface area (Å²) in [7, 11) is 0. The third kappa shape index (κ3) is 6.06. The molecule has 186 valence electrons. The van der Waals surface area contributed by atoms with Gasteiger partial charge in [-0.1, -0.05) is 23.7 Å². The van der Waals surface area contributed by atoms with Gasteiger partial charge in [0.05, 0.1) is 22.2 Å². The number of rotatable bonds is 8. The maximum absolute atomic E-state index is 13.5. The fraction of sp³-hybridized carbons (Fsp3) is 0.185. The number of carbonyl (C=O) groups is 1. The van der Waals surface area contributed by atoms with Crippen LogP contribution in [0.4, 0.5) is 14.5 Å². The number of thioether (sulfide) groups is 1. The topological polar surface area (TPSA) is 51.1 Å². The summed E-state index contributed by atoms with van der Waals surface area (Å²) < 4.78 is 38.3. The zero-order chi connectivity index (χ0) is 25.7. The Morgan fingerprint density at radius 2 is 1.81 bits per heavy atom. The number of ether oxygens (including phenoxy) is 2. The summed E-state index contributed by atoms with van der Waals surface area (Å²) in [6, 6.07) is 15.3. The number of nitrogens with zero attached hydrogens (tertiary/aromatic N) is 2. The highest BCUT2D eigenvalue weighted by molar-refractivity contribution is 8.18. The number of carbonyl (C=O) groups excluding carboxylic acids is 1. The molecule has 0 aromatic heterocycles. The Balaban J connectivity index is 1.61. The van der Waals surface area contributed by atoms with Crippen LogP contribution in [-0.4, -0.2) is 29.1 Å². The van der Waals surface area contributed by atoms with E-state index in [1.165, 1.54) is 36.0 Å². The molecule has 1 aliphatic rings. The maximum Gasteiger partial charge on any atom is 0.266 e. The molecule has 9 heteroatoms. The smallest absolute Gasteiger partial charge is 0.266 e. The van der Waals surface area contributed by atoms with Gasteiger partial charge in [-0.15, -0.1) is 0 Å². The molecule has 5 nitrogen and oxygen atoms in total. The van der Waals surface area contributed by atoms with Crippen LogP contribution < -0.4 is 9.47 Å². The van der Waals surface area contributed by atoms with Gasteiger partial charge in [0.1, 0.15) is 18.2 Å². The number of amides is 1. The van der Waals surface area contributed by atoms with Crippen molar-refractivity contribution in [3.63, 3.8) is 0 Å². The summed E-state index contributed by atoms with van der Waals surface area (Å²) in [4.78, 5) is 19.6. The van der Waals surface area contributed by atoms with Crippen molar-refractivity contribution in [1.82, 2.24) is 4.90 Å². The van der Waals surface area contributed by atoms with Gasteiger partial charge in [-0.05, 0) is 91.3 Å². The second-order valence-corrected chi connectivity index (χ2v) is 9.13. The van der Waals surface area contributed by atoms with Crippen molar-refractivity contribution < 1.29 is 23.0 Å². The number of hydrogen-bond donors (Lipinski definition) is 0. The first kappa shape index (κ1) is 25.7. The number of likely N-dealkylation sites (N-methyl/N-ethyl adjacent to an activating group) is 1. The van der Waals surface area contributed by atoms with Crippen molar-refractivity contribution in [2.24, 2.45) is 4.99 Å². The fourth-order valence-corrected chi connectivity index (χ4v) is 4.84. The summed E-state index contributed by atoms with van der Waals surface area (Å²) >= 11 is 7.76. The summed E-state index contributed by atoms with van der Waals surface area (Å²) in [5.74, 6) is -0.145. The molecule has 3 aromatic rings. The van der Waals surface area contributed by atoms with Gasteiger partial charge in [-0.25, -0.2) is 13.8 Å². The Bertz CT molecular complexity index is 1330. The van der Waals surface area contributed by atoms with Crippen LogP contribution >= 0.6 is 23.4 Å². The molecule has 0 aliphatic carbocycles. The first-order chi connectivity index (χ1) is 17.4. The predicted octanol–water partition coefficient (Wildman–Crippen LogP) is 7.22. The monoisotopic (exact) mass is 528 g/mol. The van der Waals surface area contributed by atoms with Crippen LogP contribution in [0.3, 0.4) is 0 Å². The third-order valence-corrected chi connectivity index (χ3v) is 6.44. The SMILES string of the molecule is CCOc1cc(/C=C2/SC(=Nc3ccc(F)cc3)N(CC)C2=O)cc(Cl)c1OCc1cccc(F)c1. The van der Waals surface area contributed by atoms with Gasteiger partial charge < -0.3 is 9.47 Å². The van der Waals surface area contributed by atoms with E-state index in [1.54, 1.807) is 47.4 Å². The average molecular weight is 529 g/mol. The Hall–Kier alpha value is -3.36. The van der Waals surface area contributed by atoms with Crippen molar-refractivity contribution in [2.45, 2.75) is 20.5 Å². The molecule has 36 heavy (non-hydrogen) atoms. The minimum absolute atomic E-state index is 0.112. The minimum Gasteiger partial charge on any atom is -0.490 e. The van der Waals surface area contributed by atoms with Crippen LogP contribution in [0.25, 0.3) is 6.08 Å². The van der Waals surface area contributed by atoms with E-state index in [0.717, 1.165) is 0 Å². The zero-order valence-corrected chi connectivity index (χ0v) is 21.2. The van der Waals surface area contributed by atoms with Crippen LogP contribution in [0, 0.1) is 11.6 Å². The normalized spacial score (nSPS) is 15.7. The molecule has 0 atom stereocenters. The summed E-state index contributed by atoms with van der Waals surface area (Å²) in [6.45, 7) is 4.61. The van der Waals surface area contributed by atoms with E-state index >= 15 is 0 Å². The molecule has 1 heterocycles. The standard InChI is InChI=1S/C27H23ClF2N2O3S/c1-3-32-26(33)24(36-27(32)31-21-10-8-19(29)9-11-21)15-18-13-22(28)25(23(14-18)34-4-2)35-16-17-6-5-7-20(30)12-17/h5-15H,3-4,16H2,1-2H3/b24-15+,31-27?. The predicted molar refractivity (Wildman–Crippen MR) is 140 cm³/mol. The summed E-state index contributed by atoms with van der Waals surface area (Å²) in [6.07, 6.45) is 1.72. The van der Waals surface area contributed by atoms with E-state index in [1.807, 2.05) is 13.8 Å². The molecular weight excluding hydrogens is 506 g/mol. The highest BCUT2D eigenvalue weighted by Crippen LogP contribution is 2.40. The Morgan fingerprint density at radius 1 is 1.03 bits per heavy atom. The van der Waals surface area contributed by atoms with Gasteiger partial charge >= 0.3 is 0 Å². The second kappa shape index (κ2) is 11.6. The lowest BCUT2D eigenvalue weighted by atomic mass is 10.1. The van der Waals surface area contributed by atoms with Gasteiger partial charge in [-0.2, -0.15) is 0 Å². The Labute approximate surface area is 217 Å². The molecule has 1 amide bonds. The summed E-state index contributed by atoms with van der Waals surface area (Å²) in [5, 5.41) is 0.804. The third-order valence-electron chi connectivity index (χ3n) is 5.16. The van der Waals surface area contributed by atoms with Gasteiger partial charge in [0.2, 0.25) is 0 Å². The first-order valence-corrected chi connectivity index (χ1v) is 12.5. The summed E-state index contributed by atoms with van der Waals surface area (Å²) in [5.41, 5.74) is 1.85. The number of amidine groups is 1. The lowest BCUT2D eigenvalue weighted by Gasteiger charge is -2.15. The molecule has 0 spiro atoms. The molecule has 0 N–H and O–H groups in total. The van der Waals surface area contributed by atoms with Gasteiger partial charge in [0.25, 0.3) is 5.91 Å². The van der Waals surface area contributed by atoms with E-state index in [-0.39, 0.29) is 24.1 Å². The molecule has 0 saturated carbocycles. The molecule has 1 saturated heterocycles. The van der Waals surface area contributed by atoms with E-state index < -0.39 is 0 Å². The average Bonchev–Trinajstić information content (AvgIpc) is 3.13. The molecule has 0 radical (unpaired) electrons. The molecule has 0 unspecified atom stereocenters. The quantitative estimate of drug-likeness (QED) is 0.290. The molecule has 4 rings (SSSR count). The second-order valence-electron chi connectivity index (χ2n) is 7.71. The number of halogens is 3. The lowest BCUT2D eigenvalue weighted by Crippen LogP contribution is -2.28. The van der Waals surface area contributed by atoms with Crippen LogP contribution in [0.15, 0.2) is 70.6 Å². The van der Waals surface area contributed by atoms with E-state index in [9.17, 15) is 13.6 Å². The van der Waals surface area contributed by atoms with Crippen molar-refractivity contribution >= 4 is 46.2 Å². The van der Waals surface area contributed by atoms with Crippen LogP contribution in [-0.2, 0) is 11.4 Å². The first-order valence-electron chi connectivity index (χ1n) is 11.3. The highest BCUT2D eigenvalue weighted by atomic mass is 35.5. The number of hydrogen-bond acceptors (Lipinski definition) is 5. The van der Waals surface area contributed by atoms with Crippen molar-refractivity contribution in [3.05, 3.63) is 93.4 Å². The molecule has 3 aromatic carbocycles. The van der Waals surface area contributed by atoms with Crippen LogP contribution in [0.2, 0.25) is 5.02 Å². The number of aliphatic imine (C=N–C) groups is 1. The fourth-order valence-electron chi connectivity index (χ4n) is 3.50. The van der Waals surface area contributed by atoms with Crippen LogP contribution in [0.1, 0.15) is 25.0 Å². The molecular formula is C27H23ClF2N2O3S. The van der Waals surface area contributed by atoms with Crippen molar-refractivity contribution in [1.29, 1.82) is 0 Å². The lowest BCUT2D eigenvalue weighted by molar-refractivity contribution is -0.122.